The number of thiazole rings is 1. The van der Waals surface area contributed by atoms with Crippen LogP contribution in [0, 0.1) is 5.82 Å². The summed E-state index contributed by atoms with van der Waals surface area (Å²) in [4.78, 5) is 28.7. The van der Waals surface area contributed by atoms with Crippen LogP contribution < -0.4 is 5.32 Å². The van der Waals surface area contributed by atoms with E-state index in [0.29, 0.717) is 5.01 Å². The predicted molar refractivity (Wildman–Crippen MR) is 97.4 cm³/mol. The first kappa shape index (κ1) is 18.5. The average molecular weight is 376 g/mol. The summed E-state index contributed by atoms with van der Waals surface area (Å²) in [5.74, 6) is -1.25. The molecule has 1 saturated carbocycles. The van der Waals surface area contributed by atoms with Crippen molar-refractivity contribution in [1.29, 1.82) is 0 Å². The van der Waals surface area contributed by atoms with Crippen LogP contribution in [0.15, 0.2) is 29.6 Å². The first-order chi connectivity index (χ1) is 12.5. The van der Waals surface area contributed by atoms with Gasteiger partial charge in [-0.15, -0.1) is 11.3 Å². The number of rotatable bonds is 5. The molecule has 0 spiro atoms. The standard InChI is InChI=1S/C19H21FN2O3S/c1-12(17(23)21-15-5-3-2-4-6-15)25-19(24)16-11-26-18(22-16)13-7-9-14(20)10-8-13/h7-12,15H,2-6H2,1H3,(H,21,23)/t12-/m0/s1. The van der Waals surface area contributed by atoms with Crippen molar-refractivity contribution in [3.63, 3.8) is 0 Å². The van der Waals surface area contributed by atoms with E-state index in [1.165, 1.54) is 29.9 Å². The van der Waals surface area contributed by atoms with Gasteiger partial charge in [-0.05, 0) is 44.0 Å². The van der Waals surface area contributed by atoms with Crippen molar-refractivity contribution in [2.24, 2.45) is 0 Å². The zero-order chi connectivity index (χ0) is 18.5. The summed E-state index contributed by atoms with van der Waals surface area (Å²) in [6.07, 6.45) is 4.50. The molecule has 1 aliphatic rings. The third-order valence-electron chi connectivity index (χ3n) is 4.41. The Morgan fingerprint density at radius 1 is 1.23 bits per heavy atom. The maximum absolute atomic E-state index is 13.0. The number of aromatic nitrogens is 1. The van der Waals surface area contributed by atoms with Gasteiger partial charge in [0, 0.05) is 17.0 Å². The van der Waals surface area contributed by atoms with Gasteiger partial charge in [0.15, 0.2) is 11.8 Å². The highest BCUT2D eigenvalue weighted by molar-refractivity contribution is 7.13. The molecule has 0 bridgehead atoms. The molecule has 1 aromatic carbocycles. The Kier molecular flexibility index (Phi) is 5.98. The molecule has 1 atom stereocenters. The van der Waals surface area contributed by atoms with E-state index in [1.54, 1.807) is 24.4 Å². The average Bonchev–Trinajstić information content (AvgIpc) is 3.13. The van der Waals surface area contributed by atoms with E-state index in [2.05, 4.69) is 10.3 Å². The lowest BCUT2D eigenvalue weighted by Crippen LogP contribution is -2.42. The normalized spacial score (nSPS) is 16.1. The van der Waals surface area contributed by atoms with Crippen LogP contribution in [0.25, 0.3) is 10.6 Å². The Morgan fingerprint density at radius 3 is 2.62 bits per heavy atom. The van der Waals surface area contributed by atoms with E-state index in [1.807, 2.05) is 0 Å². The number of carbonyl (C=O) groups is 2. The maximum atomic E-state index is 13.0. The quantitative estimate of drug-likeness (QED) is 0.803. The van der Waals surface area contributed by atoms with Crippen LogP contribution in [0.5, 0.6) is 0 Å². The Morgan fingerprint density at radius 2 is 1.92 bits per heavy atom. The van der Waals surface area contributed by atoms with Crippen LogP contribution in [0.4, 0.5) is 4.39 Å². The van der Waals surface area contributed by atoms with Crippen molar-refractivity contribution in [3.8, 4) is 10.6 Å². The smallest absolute Gasteiger partial charge is 0.358 e. The van der Waals surface area contributed by atoms with Crippen LogP contribution in [-0.2, 0) is 9.53 Å². The molecular weight excluding hydrogens is 355 g/mol. The number of hydrogen-bond acceptors (Lipinski definition) is 5. The van der Waals surface area contributed by atoms with Crippen molar-refractivity contribution in [2.75, 3.05) is 0 Å². The number of carbonyl (C=O) groups excluding carboxylic acids is 2. The fourth-order valence-corrected chi connectivity index (χ4v) is 3.73. The first-order valence-corrected chi connectivity index (χ1v) is 9.63. The molecule has 0 unspecified atom stereocenters. The van der Waals surface area contributed by atoms with Crippen LogP contribution in [0.3, 0.4) is 0 Å². The van der Waals surface area contributed by atoms with E-state index in [4.69, 9.17) is 4.74 Å². The van der Waals surface area contributed by atoms with Crippen molar-refractivity contribution < 1.29 is 18.7 Å². The molecule has 0 saturated heterocycles. The highest BCUT2D eigenvalue weighted by Crippen LogP contribution is 2.24. The lowest BCUT2D eigenvalue weighted by molar-refractivity contribution is -0.130. The fraction of sp³-hybridized carbons (Fsp3) is 0.421. The molecule has 1 N–H and O–H groups in total. The molecule has 7 heteroatoms. The van der Waals surface area contributed by atoms with Crippen LogP contribution in [0.1, 0.15) is 49.5 Å². The van der Waals surface area contributed by atoms with Gasteiger partial charge in [0.25, 0.3) is 5.91 Å². The lowest BCUT2D eigenvalue weighted by Gasteiger charge is -2.24. The maximum Gasteiger partial charge on any atom is 0.358 e. The van der Waals surface area contributed by atoms with Crippen molar-refractivity contribution in [2.45, 2.75) is 51.2 Å². The zero-order valence-corrected chi connectivity index (χ0v) is 15.4. The molecular formula is C19H21FN2O3S. The topological polar surface area (TPSA) is 68.3 Å². The van der Waals surface area contributed by atoms with Gasteiger partial charge in [-0.3, -0.25) is 4.79 Å². The summed E-state index contributed by atoms with van der Waals surface area (Å²) in [6.45, 7) is 1.56. The van der Waals surface area contributed by atoms with Gasteiger partial charge in [-0.25, -0.2) is 14.2 Å². The number of esters is 1. The number of nitrogens with one attached hydrogen (secondary N) is 1. The highest BCUT2D eigenvalue weighted by Gasteiger charge is 2.24. The van der Waals surface area contributed by atoms with Gasteiger partial charge < -0.3 is 10.1 Å². The van der Waals surface area contributed by atoms with Gasteiger partial charge in [0.1, 0.15) is 10.8 Å². The predicted octanol–water partition coefficient (Wildman–Crippen LogP) is 3.94. The minimum absolute atomic E-state index is 0.145. The molecule has 1 fully saturated rings. The summed E-state index contributed by atoms with van der Waals surface area (Å²) >= 11 is 1.27. The second kappa shape index (κ2) is 8.40. The largest absolute Gasteiger partial charge is 0.448 e. The van der Waals surface area contributed by atoms with Crippen LogP contribution in [0.2, 0.25) is 0 Å². The third kappa shape index (κ3) is 4.66. The van der Waals surface area contributed by atoms with E-state index < -0.39 is 12.1 Å². The van der Waals surface area contributed by atoms with Crippen LogP contribution >= 0.6 is 11.3 Å². The number of benzene rings is 1. The minimum atomic E-state index is -0.875. The van der Waals surface area contributed by atoms with E-state index in [0.717, 1.165) is 31.2 Å². The Labute approximate surface area is 155 Å². The van der Waals surface area contributed by atoms with Gasteiger partial charge >= 0.3 is 5.97 Å². The number of hydrogen-bond donors (Lipinski definition) is 1. The van der Waals surface area contributed by atoms with E-state index in [-0.39, 0.29) is 23.5 Å². The summed E-state index contributed by atoms with van der Waals surface area (Å²) in [6, 6.07) is 6.05. The molecule has 0 aliphatic heterocycles. The molecule has 1 aromatic heterocycles. The molecule has 26 heavy (non-hydrogen) atoms. The summed E-state index contributed by atoms with van der Waals surface area (Å²) in [5.41, 5.74) is 0.866. The van der Waals surface area contributed by atoms with Gasteiger partial charge in [0.05, 0.1) is 0 Å². The van der Waals surface area contributed by atoms with Gasteiger partial charge in [-0.1, -0.05) is 19.3 Å². The zero-order valence-electron chi connectivity index (χ0n) is 14.5. The highest BCUT2D eigenvalue weighted by atomic mass is 32.1. The van der Waals surface area contributed by atoms with Gasteiger partial charge in [-0.2, -0.15) is 0 Å². The molecule has 138 valence electrons. The van der Waals surface area contributed by atoms with Crippen molar-refractivity contribution >= 4 is 23.2 Å². The summed E-state index contributed by atoms with van der Waals surface area (Å²) < 4.78 is 18.2. The molecule has 1 aliphatic carbocycles. The fourth-order valence-electron chi connectivity index (χ4n) is 2.93. The molecule has 3 rings (SSSR count). The van der Waals surface area contributed by atoms with E-state index in [9.17, 15) is 14.0 Å². The monoisotopic (exact) mass is 376 g/mol. The number of ether oxygens (including phenoxy) is 1. The lowest BCUT2D eigenvalue weighted by atomic mass is 9.95. The van der Waals surface area contributed by atoms with E-state index >= 15 is 0 Å². The van der Waals surface area contributed by atoms with Crippen molar-refractivity contribution in [3.05, 3.63) is 41.2 Å². The number of halogens is 1. The molecule has 1 heterocycles. The first-order valence-electron chi connectivity index (χ1n) is 8.76. The molecule has 0 radical (unpaired) electrons. The molecule has 5 nitrogen and oxygen atoms in total. The minimum Gasteiger partial charge on any atom is -0.448 e. The number of amides is 1. The third-order valence-corrected chi connectivity index (χ3v) is 5.30. The Balaban J connectivity index is 1.57. The van der Waals surface area contributed by atoms with Crippen LogP contribution in [-0.4, -0.2) is 29.0 Å². The second-order valence-corrected chi connectivity index (χ2v) is 7.29. The summed E-state index contributed by atoms with van der Waals surface area (Å²) in [5, 5.41) is 5.11. The van der Waals surface area contributed by atoms with Crippen molar-refractivity contribution in [1.82, 2.24) is 10.3 Å². The second-order valence-electron chi connectivity index (χ2n) is 6.44. The SMILES string of the molecule is C[C@H](OC(=O)c1csc(-c2ccc(F)cc2)n1)C(=O)NC1CCCCC1. The molecule has 2 aromatic rings. The summed E-state index contributed by atoms with van der Waals surface area (Å²) in [7, 11) is 0. The van der Waals surface area contributed by atoms with Gasteiger partial charge in [0.2, 0.25) is 0 Å². The Hall–Kier alpha value is -2.28. The Bertz CT molecular complexity index is 769. The number of nitrogens with zero attached hydrogens (tertiary/aromatic N) is 1. The molecule has 1 amide bonds.